The molecule has 54 heavy (non-hydrogen) atoms. The molecule has 4 aromatic carbocycles. The maximum Gasteiger partial charge on any atom is 0.0739 e. The van der Waals surface area contributed by atoms with Crippen LogP contribution in [-0.4, -0.2) is 25.1 Å². The average molecular weight is 714 g/mol. The van der Waals surface area contributed by atoms with E-state index in [2.05, 4.69) is 174 Å². The molecule has 0 radical (unpaired) electrons. The molecular formula is C48H35N5S. The number of nitrogens with one attached hydrogen (secondary N) is 2. The number of hydrogen-bond donors (Lipinski definition) is 2. The predicted octanol–water partition coefficient (Wildman–Crippen LogP) is 13.0. The van der Waals surface area contributed by atoms with Gasteiger partial charge in [-0.1, -0.05) is 102 Å². The Morgan fingerprint density at radius 2 is 0.685 bits per heavy atom. The summed E-state index contributed by atoms with van der Waals surface area (Å²) in [5.74, 6) is 0. The normalized spacial score (nSPS) is 11.8. The number of aromatic nitrogens is 4. The maximum absolute atomic E-state index is 5.41. The van der Waals surface area contributed by atoms with Crippen LogP contribution in [0.2, 0.25) is 0 Å². The number of aryl methyl sites for hydroxylation is 3. The molecule has 5 nitrogen and oxygen atoms in total. The van der Waals surface area contributed by atoms with E-state index in [1.165, 1.54) is 16.7 Å². The second kappa shape index (κ2) is 13.7. The van der Waals surface area contributed by atoms with E-state index in [9.17, 15) is 0 Å². The maximum atomic E-state index is 5.41. The van der Waals surface area contributed by atoms with Gasteiger partial charge >= 0.3 is 0 Å². The van der Waals surface area contributed by atoms with Crippen molar-refractivity contribution in [3.63, 3.8) is 0 Å². The number of hydrogen-bond acceptors (Lipinski definition) is 4. The minimum atomic E-state index is 0.748. The highest BCUT2D eigenvalue weighted by Gasteiger charge is 2.19. The number of thiocarbonyl (C=S) groups is 1. The summed E-state index contributed by atoms with van der Waals surface area (Å²) in [5.41, 5.74) is 20.0. The van der Waals surface area contributed by atoms with E-state index in [1.807, 2.05) is 12.1 Å². The molecule has 3 aromatic heterocycles. The van der Waals surface area contributed by atoms with Gasteiger partial charge in [0.2, 0.25) is 0 Å². The van der Waals surface area contributed by atoms with Gasteiger partial charge in [0.05, 0.1) is 33.6 Å². The number of benzene rings is 4. The largest absolute Gasteiger partial charge is 0.354 e. The summed E-state index contributed by atoms with van der Waals surface area (Å²) in [6, 6.07) is 42.6. The Morgan fingerprint density at radius 1 is 0.407 bits per heavy atom. The third-order valence-corrected chi connectivity index (χ3v) is 10.2. The molecule has 0 saturated carbocycles. The van der Waals surface area contributed by atoms with Gasteiger partial charge in [0.25, 0.3) is 0 Å². The average Bonchev–Trinajstić information content (AvgIpc) is 4.02. The van der Waals surface area contributed by atoms with Gasteiger partial charge in [0.15, 0.2) is 0 Å². The Kier molecular flexibility index (Phi) is 8.40. The highest BCUT2D eigenvalue weighted by molar-refractivity contribution is 7.78. The lowest BCUT2D eigenvalue weighted by atomic mass is 10.0. The standard InChI is InChI=1S/C48H35N5S/c1-29-4-10-32(11-5-29)45-37-20-22-39(50-37)46(33-12-6-30(2)7-13-33)41-24-26-43(52-41)48(35-16-18-36(19-17-35)49-28-54)44-27-25-42(53-44)47(40-23-21-38(45)51-40)34-14-8-31(3)9-15-34/h4-27,50,53H,1-3H3. The van der Waals surface area contributed by atoms with E-state index < -0.39 is 0 Å². The monoisotopic (exact) mass is 713 g/mol. The molecule has 0 saturated heterocycles. The lowest BCUT2D eigenvalue weighted by Gasteiger charge is -2.07. The Labute approximate surface area is 319 Å². The Morgan fingerprint density at radius 3 is 0.963 bits per heavy atom. The zero-order valence-electron chi connectivity index (χ0n) is 30.1. The number of nitrogens with zero attached hydrogens (tertiary/aromatic N) is 3. The van der Waals surface area contributed by atoms with Crippen LogP contribution >= 0.6 is 12.2 Å². The molecule has 0 spiro atoms. The molecule has 0 atom stereocenters. The molecule has 9 rings (SSSR count). The van der Waals surface area contributed by atoms with Crippen LogP contribution in [0.5, 0.6) is 0 Å². The summed E-state index contributed by atoms with van der Waals surface area (Å²) >= 11 is 4.88. The van der Waals surface area contributed by atoms with Gasteiger partial charge in [0, 0.05) is 44.3 Å². The highest BCUT2D eigenvalue weighted by Crippen LogP contribution is 2.38. The molecule has 2 aliphatic rings. The van der Waals surface area contributed by atoms with Crippen LogP contribution in [0.25, 0.3) is 90.9 Å². The van der Waals surface area contributed by atoms with Crippen molar-refractivity contribution in [2.45, 2.75) is 20.8 Å². The Bertz CT molecular complexity index is 2820. The summed E-state index contributed by atoms with van der Waals surface area (Å²) in [4.78, 5) is 22.6. The van der Waals surface area contributed by atoms with Gasteiger partial charge in [-0.05, 0) is 116 Å². The van der Waals surface area contributed by atoms with Crippen LogP contribution in [0.4, 0.5) is 5.69 Å². The molecule has 0 unspecified atom stereocenters. The number of isothiocyanates is 1. The van der Waals surface area contributed by atoms with Crippen molar-refractivity contribution in [1.82, 2.24) is 19.9 Å². The second-order valence-corrected chi connectivity index (χ2v) is 14.0. The third kappa shape index (κ3) is 6.14. The van der Waals surface area contributed by atoms with Crippen LogP contribution in [0, 0.1) is 20.8 Å². The van der Waals surface area contributed by atoms with Crippen molar-refractivity contribution in [3.8, 4) is 44.5 Å². The van der Waals surface area contributed by atoms with E-state index in [4.69, 9.17) is 22.2 Å². The van der Waals surface area contributed by atoms with Crippen molar-refractivity contribution in [3.05, 3.63) is 161 Å². The fourth-order valence-corrected chi connectivity index (χ4v) is 7.44. The van der Waals surface area contributed by atoms with E-state index in [0.717, 1.165) is 95.0 Å². The van der Waals surface area contributed by atoms with Crippen LogP contribution < -0.4 is 0 Å². The summed E-state index contributed by atoms with van der Waals surface area (Å²) in [5, 5.41) is 2.48. The molecule has 0 fully saturated rings. The number of aliphatic imine (C=N–C) groups is 1. The highest BCUT2D eigenvalue weighted by atomic mass is 32.1. The first kappa shape index (κ1) is 33.1. The second-order valence-electron chi connectivity index (χ2n) is 13.9. The third-order valence-electron chi connectivity index (χ3n) is 10.1. The molecule has 258 valence electrons. The Balaban J connectivity index is 1.45. The zero-order chi connectivity index (χ0) is 36.8. The van der Waals surface area contributed by atoms with Crippen molar-refractivity contribution >= 4 is 69.4 Å². The minimum Gasteiger partial charge on any atom is -0.354 e. The van der Waals surface area contributed by atoms with Crippen molar-refractivity contribution in [1.29, 1.82) is 0 Å². The van der Waals surface area contributed by atoms with Crippen LogP contribution in [0.3, 0.4) is 0 Å². The minimum absolute atomic E-state index is 0.748. The smallest absolute Gasteiger partial charge is 0.0739 e. The predicted molar refractivity (Wildman–Crippen MR) is 229 cm³/mol. The Hall–Kier alpha value is -6.72. The van der Waals surface area contributed by atoms with Gasteiger partial charge in [-0.2, -0.15) is 4.99 Å². The molecule has 2 N–H and O–H groups in total. The fraction of sp³-hybridized carbons (Fsp3) is 0.0625. The number of fused-ring (bicyclic) bond motifs is 8. The molecule has 6 heteroatoms. The quantitative estimate of drug-likeness (QED) is 0.138. The first-order valence-corrected chi connectivity index (χ1v) is 18.4. The number of rotatable bonds is 5. The number of aromatic amines is 2. The number of H-pyrrole nitrogens is 2. The zero-order valence-corrected chi connectivity index (χ0v) is 30.9. The van der Waals surface area contributed by atoms with E-state index in [-0.39, 0.29) is 0 Å². The van der Waals surface area contributed by atoms with E-state index in [1.54, 1.807) is 0 Å². The molecule has 8 bridgehead atoms. The van der Waals surface area contributed by atoms with Gasteiger partial charge in [-0.3, -0.25) is 0 Å². The molecule has 0 amide bonds. The van der Waals surface area contributed by atoms with E-state index >= 15 is 0 Å². The van der Waals surface area contributed by atoms with Gasteiger partial charge in [0.1, 0.15) is 0 Å². The van der Waals surface area contributed by atoms with Gasteiger partial charge < -0.3 is 9.97 Å². The molecule has 0 aliphatic carbocycles. The van der Waals surface area contributed by atoms with Crippen molar-refractivity contribution in [2.24, 2.45) is 4.99 Å². The summed E-state index contributed by atoms with van der Waals surface area (Å²) in [7, 11) is 0. The first-order valence-electron chi connectivity index (χ1n) is 18.0. The lowest BCUT2D eigenvalue weighted by Crippen LogP contribution is -1.90. The summed E-state index contributed by atoms with van der Waals surface area (Å²) in [6.45, 7) is 6.34. The lowest BCUT2D eigenvalue weighted by molar-refractivity contribution is 1.31. The van der Waals surface area contributed by atoms with Crippen LogP contribution in [-0.2, 0) is 0 Å². The molecular weight excluding hydrogens is 679 g/mol. The van der Waals surface area contributed by atoms with E-state index in [0.29, 0.717) is 0 Å². The fourth-order valence-electron chi connectivity index (χ4n) is 7.34. The van der Waals surface area contributed by atoms with Crippen LogP contribution in [0.15, 0.2) is 126 Å². The molecule has 7 aromatic rings. The van der Waals surface area contributed by atoms with Crippen molar-refractivity contribution in [2.75, 3.05) is 0 Å². The summed E-state index contributed by atoms with van der Waals surface area (Å²) < 4.78 is 0. The van der Waals surface area contributed by atoms with Gasteiger partial charge in [-0.25, -0.2) is 9.97 Å². The molecule has 5 heterocycles. The van der Waals surface area contributed by atoms with Gasteiger partial charge in [-0.15, -0.1) is 0 Å². The summed E-state index contributed by atoms with van der Waals surface area (Å²) in [6.07, 6.45) is 8.51. The van der Waals surface area contributed by atoms with Crippen molar-refractivity contribution < 1.29 is 0 Å². The SMILES string of the molecule is Cc1ccc(-c2c3nc(c(-c4ccc(C)cc4)c4ccc([nH]4)c(-c4ccc(N=C=S)cc4)c4nc(c(-c5ccc(C)cc5)c5ccc2[nH]5)C=C4)C=C3)cc1. The topological polar surface area (TPSA) is 69.7 Å². The first-order chi connectivity index (χ1) is 26.4. The molecule has 2 aliphatic heterocycles. The van der Waals surface area contributed by atoms with Crippen LogP contribution in [0.1, 0.15) is 39.5 Å².